The van der Waals surface area contributed by atoms with Crippen molar-refractivity contribution in [1.82, 2.24) is 9.88 Å². The van der Waals surface area contributed by atoms with Gasteiger partial charge in [-0.05, 0) is 43.9 Å². The summed E-state index contributed by atoms with van der Waals surface area (Å²) < 4.78 is 10.7. The monoisotopic (exact) mass is 330 g/mol. The maximum absolute atomic E-state index is 12.5. The van der Waals surface area contributed by atoms with Gasteiger partial charge in [0, 0.05) is 25.4 Å². The van der Waals surface area contributed by atoms with Gasteiger partial charge in [0.2, 0.25) is 0 Å². The number of ether oxygens (including phenoxy) is 1. The molecule has 1 amide bonds. The summed E-state index contributed by atoms with van der Waals surface area (Å²) in [4.78, 5) is 18.4. The summed E-state index contributed by atoms with van der Waals surface area (Å²) in [5.41, 5.74) is 0.690. The zero-order chi connectivity index (χ0) is 16.9. The summed E-state index contributed by atoms with van der Waals surface area (Å²) in [6.07, 6.45) is 2.58. The van der Waals surface area contributed by atoms with Crippen molar-refractivity contribution in [2.75, 3.05) is 19.7 Å². The lowest BCUT2D eigenvalue weighted by atomic mass is 9.89. The number of likely N-dealkylation sites (tertiary alicyclic amines) is 1. The Kier molecular flexibility index (Phi) is 5.15. The van der Waals surface area contributed by atoms with Gasteiger partial charge >= 0.3 is 0 Å². The third-order valence-corrected chi connectivity index (χ3v) is 4.34. The minimum atomic E-state index is -0.586. The Labute approximate surface area is 141 Å². The first-order valence-electron chi connectivity index (χ1n) is 8.30. The third-order valence-electron chi connectivity index (χ3n) is 4.34. The Morgan fingerprint density at radius 1 is 1.38 bits per heavy atom. The molecule has 24 heavy (non-hydrogen) atoms. The van der Waals surface area contributed by atoms with E-state index in [4.69, 9.17) is 9.15 Å². The first kappa shape index (κ1) is 16.5. The Balaban J connectivity index is 1.57. The molecule has 0 aliphatic carbocycles. The average molecular weight is 330 g/mol. The molecule has 1 saturated heterocycles. The molecule has 0 radical (unpaired) electrons. The number of carbonyl (C=O) groups is 1. The molecule has 0 spiro atoms. The summed E-state index contributed by atoms with van der Waals surface area (Å²) in [6.45, 7) is 3.55. The van der Waals surface area contributed by atoms with Gasteiger partial charge in [-0.2, -0.15) is 0 Å². The fourth-order valence-electron chi connectivity index (χ4n) is 3.02. The molecule has 0 bridgehead atoms. The van der Waals surface area contributed by atoms with Gasteiger partial charge in [0.15, 0.2) is 5.76 Å². The van der Waals surface area contributed by atoms with Crippen LogP contribution in [0.1, 0.15) is 42.1 Å². The van der Waals surface area contributed by atoms with E-state index in [-0.39, 0.29) is 11.8 Å². The number of piperidine rings is 1. The van der Waals surface area contributed by atoms with Gasteiger partial charge < -0.3 is 19.2 Å². The summed E-state index contributed by atoms with van der Waals surface area (Å²) in [5, 5.41) is 10.4. The van der Waals surface area contributed by atoms with Gasteiger partial charge in [0.1, 0.15) is 0 Å². The normalized spacial score (nSPS) is 16.8. The second-order valence-corrected chi connectivity index (χ2v) is 5.88. The van der Waals surface area contributed by atoms with Crippen molar-refractivity contribution < 1.29 is 19.1 Å². The number of aliphatic hydroxyl groups is 1. The molecule has 0 aromatic carbocycles. The molecule has 6 heteroatoms. The zero-order valence-electron chi connectivity index (χ0n) is 13.7. The molecule has 1 fully saturated rings. The predicted molar refractivity (Wildman–Crippen MR) is 87.7 cm³/mol. The molecule has 1 atom stereocenters. The minimum absolute atomic E-state index is 0.111. The Morgan fingerprint density at radius 3 is 2.83 bits per heavy atom. The van der Waals surface area contributed by atoms with Crippen LogP contribution in [0, 0.1) is 5.92 Å². The van der Waals surface area contributed by atoms with Crippen molar-refractivity contribution >= 4 is 5.91 Å². The summed E-state index contributed by atoms with van der Waals surface area (Å²) >= 11 is 0. The Morgan fingerprint density at radius 2 is 2.17 bits per heavy atom. The second kappa shape index (κ2) is 7.49. The van der Waals surface area contributed by atoms with Crippen LogP contribution in [0.3, 0.4) is 0 Å². The molecular weight excluding hydrogens is 308 g/mol. The third kappa shape index (κ3) is 3.59. The van der Waals surface area contributed by atoms with Crippen LogP contribution in [0.4, 0.5) is 0 Å². The molecule has 3 rings (SSSR count). The van der Waals surface area contributed by atoms with E-state index in [0.29, 0.717) is 37.1 Å². The molecule has 1 N–H and O–H groups in total. The summed E-state index contributed by atoms with van der Waals surface area (Å²) in [6, 6.07) is 8.84. The lowest BCUT2D eigenvalue weighted by molar-refractivity contribution is 0.0425. The average Bonchev–Trinajstić information content (AvgIpc) is 3.10. The van der Waals surface area contributed by atoms with Crippen LogP contribution < -0.4 is 4.74 Å². The van der Waals surface area contributed by atoms with Crippen molar-refractivity contribution in [2.24, 2.45) is 5.92 Å². The highest BCUT2D eigenvalue weighted by Gasteiger charge is 2.30. The van der Waals surface area contributed by atoms with Crippen molar-refractivity contribution in [1.29, 1.82) is 0 Å². The second-order valence-electron chi connectivity index (χ2n) is 5.88. The molecule has 128 valence electrons. The number of carbonyl (C=O) groups excluding carboxylic acids is 1. The minimum Gasteiger partial charge on any atom is -0.465 e. The van der Waals surface area contributed by atoms with E-state index in [1.54, 1.807) is 23.2 Å². The van der Waals surface area contributed by atoms with Gasteiger partial charge in [0.05, 0.1) is 18.4 Å². The van der Waals surface area contributed by atoms with E-state index in [2.05, 4.69) is 4.98 Å². The number of nitrogens with zero attached hydrogens (tertiary/aromatic N) is 2. The number of hydrogen-bond acceptors (Lipinski definition) is 5. The van der Waals surface area contributed by atoms with Gasteiger partial charge in [-0.25, -0.2) is 0 Å². The highest BCUT2D eigenvalue weighted by Crippen LogP contribution is 2.30. The first-order valence-corrected chi connectivity index (χ1v) is 8.30. The van der Waals surface area contributed by atoms with Crippen LogP contribution in [-0.4, -0.2) is 40.6 Å². The van der Waals surface area contributed by atoms with Crippen LogP contribution in [0.15, 0.2) is 40.9 Å². The number of rotatable bonds is 5. The van der Waals surface area contributed by atoms with E-state index in [1.165, 1.54) is 0 Å². The lowest BCUT2D eigenvalue weighted by Crippen LogP contribution is -2.39. The van der Waals surface area contributed by atoms with E-state index in [9.17, 15) is 9.90 Å². The van der Waals surface area contributed by atoms with E-state index >= 15 is 0 Å². The quantitative estimate of drug-likeness (QED) is 0.912. The highest BCUT2D eigenvalue weighted by molar-refractivity contribution is 5.91. The zero-order valence-corrected chi connectivity index (χ0v) is 13.7. The molecule has 0 unspecified atom stereocenters. The number of amides is 1. The number of pyridine rings is 1. The smallest absolute Gasteiger partial charge is 0.289 e. The highest BCUT2D eigenvalue weighted by atomic mass is 16.6. The molecule has 1 aliphatic heterocycles. The number of aromatic nitrogens is 1. The van der Waals surface area contributed by atoms with E-state index < -0.39 is 6.10 Å². The largest absolute Gasteiger partial charge is 0.465 e. The van der Waals surface area contributed by atoms with Crippen LogP contribution in [-0.2, 0) is 0 Å². The van der Waals surface area contributed by atoms with Gasteiger partial charge in [0.25, 0.3) is 11.9 Å². The fraction of sp³-hybridized carbons (Fsp3) is 0.444. The van der Waals surface area contributed by atoms with Crippen molar-refractivity contribution in [3.8, 4) is 5.95 Å². The van der Waals surface area contributed by atoms with Crippen molar-refractivity contribution in [3.05, 3.63) is 48.0 Å². The van der Waals surface area contributed by atoms with E-state index in [0.717, 1.165) is 12.8 Å². The Bertz CT molecular complexity index is 663. The molecule has 3 heterocycles. The SMILES string of the molecule is CCOc1ccc(C(=O)N2CCC([C@H](O)c3ccccn3)CC2)o1. The molecular formula is C18H22N2O4. The first-order chi connectivity index (χ1) is 11.7. The van der Waals surface area contributed by atoms with Crippen LogP contribution in [0.2, 0.25) is 0 Å². The lowest BCUT2D eigenvalue weighted by Gasteiger charge is -2.33. The molecule has 1 aliphatic rings. The number of hydrogen-bond donors (Lipinski definition) is 1. The van der Waals surface area contributed by atoms with Crippen LogP contribution in [0.5, 0.6) is 5.95 Å². The fourth-order valence-corrected chi connectivity index (χ4v) is 3.02. The van der Waals surface area contributed by atoms with Gasteiger partial charge in [-0.1, -0.05) is 6.07 Å². The molecule has 6 nitrogen and oxygen atoms in total. The van der Waals surface area contributed by atoms with Crippen LogP contribution in [0.25, 0.3) is 0 Å². The standard InChI is InChI=1S/C18H22N2O4/c1-2-23-16-7-6-15(24-16)18(22)20-11-8-13(9-12-20)17(21)14-5-3-4-10-19-14/h3-7,10,13,17,21H,2,8-9,11-12H2,1H3/t17-/m0/s1. The van der Waals surface area contributed by atoms with E-state index in [1.807, 2.05) is 25.1 Å². The van der Waals surface area contributed by atoms with Gasteiger partial charge in [-0.3, -0.25) is 9.78 Å². The molecule has 2 aromatic rings. The van der Waals surface area contributed by atoms with Crippen molar-refractivity contribution in [2.45, 2.75) is 25.9 Å². The maximum atomic E-state index is 12.5. The Hall–Kier alpha value is -2.34. The van der Waals surface area contributed by atoms with Crippen LogP contribution >= 0.6 is 0 Å². The molecule has 0 saturated carbocycles. The number of aliphatic hydroxyl groups excluding tert-OH is 1. The maximum Gasteiger partial charge on any atom is 0.289 e. The predicted octanol–water partition coefficient (Wildman–Crippen LogP) is 2.66. The van der Waals surface area contributed by atoms with Gasteiger partial charge in [-0.15, -0.1) is 0 Å². The number of furan rings is 1. The topological polar surface area (TPSA) is 75.8 Å². The molecule has 2 aromatic heterocycles. The summed E-state index contributed by atoms with van der Waals surface area (Å²) in [7, 11) is 0. The van der Waals surface area contributed by atoms with Crippen molar-refractivity contribution in [3.63, 3.8) is 0 Å². The summed E-state index contributed by atoms with van der Waals surface area (Å²) in [5.74, 6) is 0.634.